The Balaban J connectivity index is 1.47. The maximum Gasteiger partial charge on any atom is 0.534 e. The van der Waals surface area contributed by atoms with Crippen LogP contribution in [-0.2, 0) is 26.0 Å². The third-order valence-electron chi connectivity index (χ3n) is 8.29. The molecule has 0 bridgehead atoms. The quantitative estimate of drug-likeness (QED) is 0.472. The molecule has 1 aromatic carbocycles. The first-order chi connectivity index (χ1) is 15.0. The SMILES string of the molecule is COc1cc2c(cc1OS(=O)(=O)C(F)(F)F)CCC1C2CC[C@@]2(C)C1CCC21OCCO1. The lowest BCUT2D eigenvalue weighted by atomic mass is 9.55. The largest absolute Gasteiger partial charge is 0.534 e. The van der Waals surface area contributed by atoms with Crippen molar-refractivity contribution in [1.29, 1.82) is 0 Å². The summed E-state index contributed by atoms with van der Waals surface area (Å²) in [6.07, 6.45) is 5.27. The molecule has 0 aromatic heterocycles. The lowest BCUT2D eigenvalue weighted by Crippen LogP contribution is -2.51. The third kappa shape index (κ3) is 3.09. The van der Waals surface area contributed by atoms with Gasteiger partial charge in [-0.25, -0.2) is 0 Å². The Morgan fingerprint density at radius 2 is 1.78 bits per heavy atom. The molecule has 0 amide bonds. The molecular weight excluding hydrogens is 449 g/mol. The van der Waals surface area contributed by atoms with Crippen LogP contribution in [-0.4, -0.2) is 40.0 Å². The van der Waals surface area contributed by atoms with E-state index in [0.717, 1.165) is 43.2 Å². The molecule has 6 nitrogen and oxygen atoms in total. The second-order valence-corrected chi connectivity index (χ2v) is 11.1. The maximum atomic E-state index is 12.8. The molecule has 5 rings (SSSR count). The van der Waals surface area contributed by atoms with Gasteiger partial charge in [0.1, 0.15) is 0 Å². The molecule has 1 saturated heterocycles. The minimum absolute atomic E-state index is 0.00379. The van der Waals surface area contributed by atoms with Crippen molar-refractivity contribution in [3.05, 3.63) is 23.3 Å². The van der Waals surface area contributed by atoms with Crippen molar-refractivity contribution in [1.82, 2.24) is 0 Å². The maximum absolute atomic E-state index is 12.8. The predicted molar refractivity (Wildman–Crippen MR) is 108 cm³/mol. The average molecular weight is 477 g/mol. The molecular formula is C22H27F3O6S. The van der Waals surface area contributed by atoms with Gasteiger partial charge in [0.25, 0.3) is 0 Å². The van der Waals surface area contributed by atoms with E-state index in [9.17, 15) is 21.6 Å². The molecule has 2 saturated carbocycles. The van der Waals surface area contributed by atoms with Crippen molar-refractivity contribution >= 4 is 10.1 Å². The fraction of sp³-hybridized carbons (Fsp3) is 0.727. The topological polar surface area (TPSA) is 71.1 Å². The van der Waals surface area contributed by atoms with Gasteiger partial charge in [0.2, 0.25) is 0 Å². The summed E-state index contributed by atoms with van der Waals surface area (Å²) in [6.45, 7) is 3.53. The Morgan fingerprint density at radius 1 is 1.06 bits per heavy atom. The number of ether oxygens (including phenoxy) is 3. The van der Waals surface area contributed by atoms with Crippen molar-refractivity contribution in [3.63, 3.8) is 0 Å². The van der Waals surface area contributed by atoms with Gasteiger partial charge in [-0.2, -0.15) is 21.6 Å². The standard InChI is InChI=1S/C22H27F3O6S/c1-20-7-5-14-15(17(20)6-8-21(20)29-9-10-30-21)4-3-13-11-19(18(28-2)12-16(13)14)31-32(26,27)22(23,24)25/h11-12,14-15,17H,3-10H2,1-2H3/t14?,15?,17?,20-/m0/s1. The van der Waals surface area contributed by atoms with Crippen molar-refractivity contribution < 1.29 is 40.0 Å². The van der Waals surface area contributed by atoms with Gasteiger partial charge in [-0.3, -0.25) is 0 Å². The molecule has 178 valence electrons. The first-order valence-electron chi connectivity index (χ1n) is 11.0. The van der Waals surface area contributed by atoms with Crippen LogP contribution in [0.5, 0.6) is 11.5 Å². The fourth-order valence-electron chi connectivity index (χ4n) is 6.85. The molecule has 4 aliphatic rings. The summed E-state index contributed by atoms with van der Waals surface area (Å²) >= 11 is 0. The summed E-state index contributed by atoms with van der Waals surface area (Å²) in [7, 11) is -4.48. The van der Waals surface area contributed by atoms with Gasteiger partial charge >= 0.3 is 15.6 Å². The molecule has 3 aliphatic carbocycles. The molecule has 1 spiro atoms. The number of fused-ring (bicyclic) bond motifs is 6. The summed E-state index contributed by atoms with van der Waals surface area (Å²) < 4.78 is 83.5. The highest BCUT2D eigenvalue weighted by molar-refractivity contribution is 7.88. The number of methoxy groups -OCH3 is 1. The van der Waals surface area contributed by atoms with Gasteiger partial charge in [-0.05, 0) is 73.1 Å². The van der Waals surface area contributed by atoms with Gasteiger partial charge in [0.15, 0.2) is 17.3 Å². The Morgan fingerprint density at radius 3 is 2.44 bits per heavy atom. The molecule has 1 heterocycles. The zero-order valence-corrected chi connectivity index (χ0v) is 18.9. The number of hydrogen-bond donors (Lipinski definition) is 0. The Labute approximate surface area is 185 Å². The zero-order chi connectivity index (χ0) is 22.9. The van der Waals surface area contributed by atoms with Crippen molar-refractivity contribution in [2.24, 2.45) is 17.3 Å². The molecule has 3 fully saturated rings. The highest BCUT2D eigenvalue weighted by Gasteiger charge is 2.65. The van der Waals surface area contributed by atoms with Crippen LogP contribution in [0, 0.1) is 17.3 Å². The molecule has 32 heavy (non-hydrogen) atoms. The summed E-state index contributed by atoms with van der Waals surface area (Å²) in [5, 5.41) is 0. The second-order valence-electron chi connectivity index (χ2n) is 9.55. The fourth-order valence-corrected chi connectivity index (χ4v) is 7.31. The van der Waals surface area contributed by atoms with E-state index in [0.29, 0.717) is 31.5 Å². The summed E-state index contributed by atoms with van der Waals surface area (Å²) in [5.74, 6) is 0.148. The van der Waals surface area contributed by atoms with Crippen molar-refractivity contribution in [3.8, 4) is 11.5 Å². The highest BCUT2D eigenvalue weighted by atomic mass is 32.2. The number of benzene rings is 1. The van der Waals surface area contributed by atoms with Crippen LogP contribution < -0.4 is 8.92 Å². The molecule has 0 N–H and O–H groups in total. The average Bonchev–Trinajstić information content (AvgIpc) is 3.32. The first-order valence-corrected chi connectivity index (χ1v) is 12.4. The highest BCUT2D eigenvalue weighted by Crippen LogP contribution is 2.66. The van der Waals surface area contributed by atoms with Crippen LogP contribution in [0.15, 0.2) is 12.1 Å². The van der Waals surface area contributed by atoms with E-state index in [1.807, 2.05) is 0 Å². The number of hydrogen-bond acceptors (Lipinski definition) is 6. The molecule has 3 unspecified atom stereocenters. The normalized spacial score (nSPS) is 33.5. The predicted octanol–water partition coefficient (Wildman–Crippen LogP) is 4.52. The van der Waals surface area contributed by atoms with E-state index < -0.39 is 27.2 Å². The van der Waals surface area contributed by atoms with E-state index in [1.165, 1.54) is 13.2 Å². The van der Waals surface area contributed by atoms with E-state index >= 15 is 0 Å². The molecule has 10 heteroatoms. The van der Waals surface area contributed by atoms with Gasteiger partial charge in [-0.1, -0.05) is 6.92 Å². The van der Waals surface area contributed by atoms with Gasteiger partial charge in [-0.15, -0.1) is 0 Å². The number of aryl methyl sites for hydroxylation is 1. The number of rotatable bonds is 3. The smallest absolute Gasteiger partial charge is 0.493 e. The van der Waals surface area contributed by atoms with Gasteiger partial charge in [0, 0.05) is 11.8 Å². The summed E-state index contributed by atoms with van der Waals surface area (Å²) in [5.41, 5.74) is -3.72. The van der Waals surface area contributed by atoms with Crippen LogP contribution in [0.3, 0.4) is 0 Å². The second kappa shape index (κ2) is 7.24. The molecule has 4 atom stereocenters. The third-order valence-corrected chi connectivity index (χ3v) is 9.26. The van der Waals surface area contributed by atoms with E-state index in [2.05, 4.69) is 11.1 Å². The van der Waals surface area contributed by atoms with Gasteiger partial charge in [0.05, 0.1) is 20.3 Å². The van der Waals surface area contributed by atoms with Crippen molar-refractivity contribution in [2.45, 2.75) is 62.7 Å². The van der Waals surface area contributed by atoms with Gasteiger partial charge < -0.3 is 18.4 Å². The minimum Gasteiger partial charge on any atom is -0.493 e. The number of alkyl halides is 3. The zero-order valence-electron chi connectivity index (χ0n) is 18.0. The van der Waals surface area contributed by atoms with Crippen LogP contribution in [0.4, 0.5) is 13.2 Å². The monoisotopic (exact) mass is 476 g/mol. The Hall–Kier alpha value is -1.52. The van der Waals surface area contributed by atoms with E-state index in [-0.39, 0.29) is 17.1 Å². The number of halogens is 3. The molecule has 0 radical (unpaired) electrons. The van der Waals surface area contributed by atoms with E-state index in [4.69, 9.17) is 14.2 Å². The van der Waals surface area contributed by atoms with Crippen molar-refractivity contribution in [2.75, 3.05) is 20.3 Å². The van der Waals surface area contributed by atoms with Crippen LogP contribution in [0.25, 0.3) is 0 Å². The summed E-state index contributed by atoms with van der Waals surface area (Å²) in [6, 6.07) is 3.07. The lowest BCUT2D eigenvalue weighted by Gasteiger charge is -2.52. The van der Waals surface area contributed by atoms with E-state index in [1.54, 1.807) is 6.07 Å². The lowest BCUT2D eigenvalue weighted by molar-refractivity contribution is -0.237. The minimum atomic E-state index is -5.77. The molecule has 1 aromatic rings. The molecule has 1 aliphatic heterocycles. The summed E-state index contributed by atoms with van der Waals surface area (Å²) in [4.78, 5) is 0. The van der Waals surface area contributed by atoms with Crippen LogP contribution in [0.1, 0.15) is 56.1 Å². The van der Waals surface area contributed by atoms with Crippen LogP contribution in [0.2, 0.25) is 0 Å². The Bertz CT molecular complexity index is 1020. The first kappa shape index (κ1) is 22.3. The van der Waals surface area contributed by atoms with Crippen LogP contribution >= 0.6 is 0 Å². The Kier molecular flexibility index (Phi) is 5.04.